The van der Waals surface area contributed by atoms with Gasteiger partial charge in [-0.25, -0.2) is 9.97 Å². The molecule has 42 heavy (non-hydrogen) atoms. The summed E-state index contributed by atoms with van der Waals surface area (Å²) in [4.78, 5) is 40.0. The maximum Gasteiger partial charge on any atom is 0.272 e. The lowest BCUT2D eigenvalue weighted by Crippen LogP contribution is -2.29. The first-order valence-corrected chi connectivity index (χ1v) is 13.1. The molecule has 0 unspecified atom stereocenters. The molecule has 212 valence electrons. The minimum atomic E-state index is -0.608. The van der Waals surface area contributed by atoms with Gasteiger partial charge in [-0.2, -0.15) is 0 Å². The van der Waals surface area contributed by atoms with Crippen molar-refractivity contribution in [1.29, 1.82) is 0 Å². The van der Waals surface area contributed by atoms with Crippen LogP contribution in [0.15, 0.2) is 71.9 Å². The lowest BCUT2D eigenvalue weighted by Gasteiger charge is -2.15. The third-order valence-electron chi connectivity index (χ3n) is 6.40. The van der Waals surface area contributed by atoms with E-state index < -0.39 is 11.5 Å². The predicted molar refractivity (Wildman–Crippen MR) is 161 cm³/mol. The van der Waals surface area contributed by atoms with Crippen LogP contribution in [0.4, 0.5) is 5.69 Å². The van der Waals surface area contributed by atoms with E-state index in [0.29, 0.717) is 45.7 Å². The van der Waals surface area contributed by atoms with Crippen molar-refractivity contribution in [3.63, 3.8) is 0 Å². The van der Waals surface area contributed by atoms with E-state index in [1.807, 2.05) is 20.8 Å². The number of nitrogens with one attached hydrogen (secondary N) is 1. The molecule has 0 bridgehead atoms. The summed E-state index contributed by atoms with van der Waals surface area (Å²) in [5.74, 6) is 1.75. The Bertz CT molecular complexity index is 1840. The van der Waals surface area contributed by atoms with E-state index in [4.69, 9.17) is 18.9 Å². The average molecular weight is 565 g/mol. The SMILES string of the molecule is Bc1cc(NC(=O)c2c(OCC)ccn(-c3ccc(C)cn3)c2=O)ccc1Oc1ccnc2cc(OC)c(OC)nc12. The highest BCUT2D eigenvalue weighted by Gasteiger charge is 2.21. The van der Waals surface area contributed by atoms with Gasteiger partial charge in [0.2, 0.25) is 0 Å². The van der Waals surface area contributed by atoms with Crippen LogP contribution in [0.3, 0.4) is 0 Å². The van der Waals surface area contributed by atoms with Crippen LogP contribution in [0, 0.1) is 6.92 Å². The quantitative estimate of drug-likeness (QED) is 0.268. The average Bonchev–Trinajstić information content (AvgIpc) is 2.98. The number of carbonyl (C=O) groups excluding carboxylic acids is 1. The highest BCUT2D eigenvalue weighted by Crippen LogP contribution is 2.33. The molecule has 0 saturated heterocycles. The molecule has 11 nitrogen and oxygen atoms in total. The van der Waals surface area contributed by atoms with Crippen LogP contribution in [0.2, 0.25) is 0 Å². The number of carbonyl (C=O) groups is 1. The molecule has 1 amide bonds. The van der Waals surface area contributed by atoms with Crippen LogP contribution in [-0.4, -0.2) is 54.1 Å². The van der Waals surface area contributed by atoms with Crippen molar-refractivity contribution in [1.82, 2.24) is 19.5 Å². The molecule has 0 radical (unpaired) electrons. The standard InChI is InChI=1S/C30H28BN5O6/c1-5-41-22-11-13-36(25-9-6-17(2)16-33-25)30(38)26(22)28(37)34-18-7-8-21(19(31)14-18)42-23-10-12-32-20-15-24(39-3)29(40-4)35-27(20)23/h6-16H,5,31H2,1-4H3,(H,34,37). The molecule has 5 rings (SSSR count). The van der Waals surface area contributed by atoms with Gasteiger partial charge in [-0.1, -0.05) is 6.07 Å². The first-order chi connectivity index (χ1) is 20.3. The van der Waals surface area contributed by atoms with Crippen molar-refractivity contribution < 1.29 is 23.7 Å². The van der Waals surface area contributed by atoms with Crippen molar-refractivity contribution in [2.45, 2.75) is 13.8 Å². The minimum Gasteiger partial charge on any atom is -0.493 e. The second-order valence-electron chi connectivity index (χ2n) is 9.27. The molecular weight excluding hydrogens is 537 g/mol. The number of rotatable bonds is 9. The second kappa shape index (κ2) is 12.0. The fraction of sp³-hybridized carbons (Fsp3) is 0.167. The molecule has 4 aromatic heterocycles. The largest absolute Gasteiger partial charge is 0.493 e. The van der Waals surface area contributed by atoms with Gasteiger partial charge in [0, 0.05) is 36.4 Å². The van der Waals surface area contributed by atoms with Crippen LogP contribution in [0.1, 0.15) is 22.8 Å². The number of anilines is 1. The number of aryl methyl sites for hydroxylation is 1. The maximum absolute atomic E-state index is 13.4. The van der Waals surface area contributed by atoms with Gasteiger partial charge in [0.1, 0.15) is 36.2 Å². The maximum atomic E-state index is 13.4. The molecule has 12 heteroatoms. The third kappa shape index (κ3) is 5.59. The molecule has 1 aromatic carbocycles. The molecular formula is C30H28BN5O6. The Hall–Kier alpha value is -5.39. The first kappa shape index (κ1) is 28.2. The second-order valence-corrected chi connectivity index (χ2v) is 9.27. The molecule has 0 aliphatic heterocycles. The number of benzene rings is 1. The van der Waals surface area contributed by atoms with Gasteiger partial charge in [-0.3, -0.25) is 19.1 Å². The number of aromatic nitrogens is 4. The zero-order chi connectivity index (χ0) is 29.8. The van der Waals surface area contributed by atoms with Crippen LogP contribution in [0.25, 0.3) is 16.9 Å². The van der Waals surface area contributed by atoms with Crippen molar-refractivity contribution in [2.24, 2.45) is 0 Å². The van der Waals surface area contributed by atoms with E-state index in [9.17, 15) is 9.59 Å². The Labute approximate surface area is 242 Å². The first-order valence-electron chi connectivity index (χ1n) is 13.1. The molecule has 0 spiro atoms. The van der Waals surface area contributed by atoms with Crippen molar-refractivity contribution in [3.05, 3.63) is 88.6 Å². The van der Waals surface area contributed by atoms with Gasteiger partial charge in [-0.05, 0) is 55.2 Å². The monoisotopic (exact) mass is 565 g/mol. The van der Waals surface area contributed by atoms with E-state index in [-0.39, 0.29) is 17.9 Å². The minimum absolute atomic E-state index is 0.126. The van der Waals surface area contributed by atoms with Crippen LogP contribution in [-0.2, 0) is 0 Å². The number of methoxy groups -OCH3 is 2. The van der Waals surface area contributed by atoms with Crippen LogP contribution < -0.4 is 35.3 Å². The summed E-state index contributed by atoms with van der Waals surface area (Å²) >= 11 is 0. The van der Waals surface area contributed by atoms with E-state index in [1.54, 1.807) is 68.0 Å². The number of hydrogen-bond acceptors (Lipinski definition) is 9. The van der Waals surface area contributed by atoms with E-state index >= 15 is 0 Å². The van der Waals surface area contributed by atoms with Gasteiger partial charge in [0.25, 0.3) is 17.3 Å². The zero-order valence-corrected chi connectivity index (χ0v) is 23.8. The van der Waals surface area contributed by atoms with Gasteiger partial charge >= 0.3 is 0 Å². The summed E-state index contributed by atoms with van der Waals surface area (Å²) in [6, 6.07) is 13.7. The fourth-order valence-corrected chi connectivity index (χ4v) is 4.33. The Balaban J connectivity index is 1.43. The summed E-state index contributed by atoms with van der Waals surface area (Å²) in [6.45, 7) is 3.97. The van der Waals surface area contributed by atoms with Crippen LogP contribution >= 0.6 is 0 Å². The number of ether oxygens (including phenoxy) is 4. The van der Waals surface area contributed by atoms with Gasteiger partial charge in [0.05, 0.1) is 26.3 Å². The van der Waals surface area contributed by atoms with E-state index in [0.717, 1.165) is 11.0 Å². The summed E-state index contributed by atoms with van der Waals surface area (Å²) < 4.78 is 23.8. The number of pyridine rings is 4. The molecule has 5 aromatic rings. The summed E-state index contributed by atoms with van der Waals surface area (Å²) in [7, 11) is 4.88. The highest BCUT2D eigenvalue weighted by atomic mass is 16.5. The Morgan fingerprint density at radius 2 is 1.81 bits per heavy atom. The van der Waals surface area contributed by atoms with Gasteiger partial charge in [0.15, 0.2) is 11.5 Å². The number of nitrogens with zero attached hydrogens (tertiary/aromatic N) is 4. The Kier molecular flexibility index (Phi) is 8.05. The smallest absolute Gasteiger partial charge is 0.272 e. The molecule has 0 saturated carbocycles. The molecule has 0 fully saturated rings. The number of fused-ring (bicyclic) bond motifs is 1. The lowest BCUT2D eigenvalue weighted by atomic mass is 9.94. The summed E-state index contributed by atoms with van der Waals surface area (Å²) in [5.41, 5.74) is 2.56. The van der Waals surface area contributed by atoms with Crippen molar-refractivity contribution in [3.8, 4) is 34.7 Å². The number of amides is 1. The molecule has 4 heterocycles. The Morgan fingerprint density at radius 1 is 0.976 bits per heavy atom. The fourth-order valence-electron chi connectivity index (χ4n) is 4.33. The highest BCUT2D eigenvalue weighted by molar-refractivity contribution is 6.34. The third-order valence-corrected chi connectivity index (χ3v) is 6.40. The van der Waals surface area contributed by atoms with Gasteiger partial charge < -0.3 is 24.3 Å². The molecule has 0 aliphatic carbocycles. The Morgan fingerprint density at radius 3 is 2.50 bits per heavy atom. The lowest BCUT2D eigenvalue weighted by molar-refractivity contribution is 0.102. The summed E-state index contributed by atoms with van der Waals surface area (Å²) in [6.07, 6.45) is 4.81. The summed E-state index contributed by atoms with van der Waals surface area (Å²) in [5, 5.41) is 2.81. The molecule has 0 aliphatic rings. The van der Waals surface area contributed by atoms with E-state index in [1.165, 1.54) is 18.8 Å². The normalized spacial score (nSPS) is 10.8. The van der Waals surface area contributed by atoms with Crippen LogP contribution in [0.5, 0.6) is 28.9 Å². The van der Waals surface area contributed by atoms with Gasteiger partial charge in [-0.15, -0.1) is 0 Å². The predicted octanol–water partition coefficient (Wildman–Crippen LogP) is 3.20. The molecule has 1 N–H and O–H groups in total. The van der Waals surface area contributed by atoms with Crippen molar-refractivity contribution >= 4 is 35.9 Å². The zero-order valence-electron chi connectivity index (χ0n) is 23.8. The van der Waals surface area contributed by atoms with Crippen molar-refractivity contribution in [2.75, 3.05) is 26.1 Å². The molecule has 0 atom stereocenters. The van der Waals surface area contributed by atoms with E-state index in [2.05, 4.69) is 20.3 Å². The number of hydrogen-bond donors (Lipinski definition) is 1. The topological polar surface area (TPSA) is 127 Å².